The second kappa shape index (κ2) is 5.55. The van der Waals surface area contributed by atoms with Crippen molar-refractivity contribution in [2.24, 2.45) is 0 Å². The highest BCUT2D eigenvalue weighted by atomic mass is 15.4. The van der Waals surface area contributed by atoms with E-state index in [0.29, 0.717) is 6.04 Å². The van der Waals surface area contributed by atoms with E-state index in [-0.39, 0.29) is 0 Å². The first-order chi connectivity index (χ1) is 11.8. The molecule has 6 nitrogen and oxygen atoms in total. The van der Waals surface area contributed by atoms with Gasteiger partial charge in [0.15, 0.2) is 5.82 Å². The molecule has 2 fully saturated rings. The van der Waals surface area contributed by atoms with E-state index in [2.05, 4.69) is 43.3 Å². The molecule has 0 aromatic carbocycles. The van der Waals surface area contributed by atoms with Crippen molar-refractivity contribution >= 4 is 5.82 Å². The minimum absolute atomic E-state index is 0.585. The van der Waals surface area contributed by atoms with Crippen LogP contribution in [0.4, 0.5) is 5.82 Å². The molecule has 1 saturated carbocycles. The lowest BCUT2D eigenvalue weighted by molar-refractivity contribution is 0.196. The number of nitrogens with one attached hydrogen (secondary N) is 1. The van der Waals surface area contributed by atoms with Crippen LogP contribution in [0, 0.1) is 0 Å². The lowest BCUT2D eigenvalue weighted by Crippen LogP contribution is -2.58. The number of H-pyrrole nitrogens is 1. The SMILES string of the molecule is CN(Cc1cn[nH]c1C1CC1)C1CN(c2cc3c(nn2)CCC3)C1. The summed E-state index contributed by atoms with van der Waals surface area (Å²) in [5.74, 6) is 1.79. The number of rotatable bonds is 5. The van der Waals surface area contributed by atoms with E-state index in [0.717, 1.165) is 37.8 Å². The van der Waals surface area contributed by atoms with Gasteiger partial charge in [0.2, 0.25) is 0 Å². The van der Waals surface area contributed by atoms with Crippen molar-refractivity contribution in [3.63, 3.8) is 0 Å². The fraction of sp³-hybridized carbons (Fsp3) is 0.611. The lowest BCUT2D eigenvalue weighted by Gasteiger charge is -2.44. The van der Waals surface area contributed by atoms with Crippen molar-refractivity contribution in [2.75, 3.05) is 25.0 Å². The number of aromatic amines is 1. The summed E-state index contributed by atoms with van der Waals surface area (Å²) >= 11 is 0. The maximum atomic E-state index is 4.43. The molecule has 5 rings (SSSR count). The average Bonchev–Trinajstić information content (AvgIpc) is 3.09. The average molecular weight is 324 g/mol. The summed E-state index contributed by atoms with van der Waals surface area (Å²) in [7, 11) is 2.22. The minimum Gasteiger partial charge on any atom is -0.352 e. The number of likely N-dealkylation sites (N-methyl/N-ethyl adjacent to an activating group) is 1. The van der Waals surface area contributed by atoms with E-state index in [1.165, 1.54) is 48.2 Å². The van der Waals surface area contributed by atoms with Crippen LogP contribution in [0.15, 0.2) is 12.3 Å². The molecule has 2 aromatic heterocycles. The number of hydrogen-bond acceptors (Lipinski definition) is 5. The number of aryl methyl sites for hydroxylation is 2. The molecule has 2 aromatic rings. The first kappa shape index (κ1) is 14.4. The summed E-state index contributed by atoms with van der Waals surface area (Å²) in [4.78, 5) is 4.80. The predicted molar refractivity (Wildman–Crippen MR) is 92.1 cm³/mol. The van der Waals surface area contributed by atoms with Gasteiger partial charge in [-0.2, -0.15) is 10.2 Å². The Kier molecular flexibility index (Phi) is 3.33. The largest absolute Gasteiger partial charge is 0.352 e. The van der Waals surface area contributed by atoms with Gasteiger partial charge in [-0.15, -0.1) is 5.10 Å². The number of anilines is 1. The quantitative estimate of drug-likeness (QED) is 0.910. The molecule has 0 spiro atoms. The summed E-state index contributed by atoms with van der Waals surface area (Å²) in [5, 5.41) is 16.3. The van der Waals surface area contributed by atoms with Crippen molar-refractivity contribution in [3.8, 4) is 0 Å². The Bertz CT molecular complexity index is 744. The van der Waals surface area contributed by atoms with Crippen molar-refractivity contribution in [1.29, 1.82) is 0 Å². The van der Waals surface area contributed by atoms with Gasteiger partial charge >= 0.3 is 0 Å². The molecule has 1 aliphatic heterocycles. The Balaban J connectivity index is 1.20. The Hall–Kier alpha value is -1.95. The van der Waals surface area contributed by atoms with E-state index < -0.39 is 0 Å². The van der Waals surface area contributed by atoms with Crippen molar-refractivity contribution in [3.05, 3.63) is 34.8 Å². The second-order valence-electron chi connectivity index (χ2n) is 7.59. The van der Waals surface area contributed by atoms with Crippen LogP contribution in [0.1, 0.15) is 47.7 Å². The van der Waals surface area contributed by atoms with Gasteiger partial charge in [0.05, 0.1) is 11.9 Å². The van der Waals surface area contributed by atoms with E-state index in [9.17, 15) is 0 Å². The molecule has 6 heteroatoms. The third-order valence-electron chi connectivity index (χ3n) is 5.77. The predicted octanol–water partition coefficient (Wildman–Crippen LogP) is 1.89. The third-order valence-corrected chi connectivity index (χ3v) is 5.77. The van der Waals surface area contributed by atoms with Crippen molar-refractivity contribution in [2.45, 2.75) is 50.6 Å². The number of aromatic nitrogens is 4. The normalized spacial score (nSPS) is 20.5. The molecular formula is C18H24N6. The zero-order valence-corrected chi connectivity index (χ0v) is 14.2. The van der Waals surface area contributed by atoms with Crippen LogP contribution in [0.5, 0.6) is 0 Å². The van der Waals surface area contributed by atoms with E-state index in [4.69, 9.17) is 0 Å². The van der Waals surface area contributed by atoms with E-state index in [1.807, 2.05) is 6.20 Å². The topological polar surface area (TPSA) is 60.9 Å². The van der Waals surface area contributed by atoms with Crippen LogP contribution in [-0.4, -0.2) is 51.5 Å². The minimum atomic E-state index is 0.585. The van der Waals surface area contributed by atoms with Gasteiger partial charge in [0.1, 0.15) is 0 Å². The zero-order valence-electron chi connectivity index (χ0n) is 14.2. The molecule has 2 aliphatic carbocycles. The molecule has 126 valence electrons. The van der Waals surface area contributed by atoms with Crippen LogP contribution < -0.4 is 4.90 Å². The highest BCUT2D eigenvalue weighted by Crippen LogP contribution is 2.40. The lowest BCUT2D eigenvalue weighted by atomic mass is 10.1. The third kappa shape index (κ3) is 2.49. The summed E-state index contributed by atoms with van der Waals surface area (Å²) in [6.07, 6.45) is 8.13. The Morgan fingerprint density at radius 1 is 1.25 bits per heavy atom. The Morgan fingerprint density at radius 3 is 2.96 bits per heavy atom. The van der Waals surface area contributed by atoms with Crippen LogP contribution in [-0.2, 0) is 19.4 Å². The molecule has 1 saturated heterocycles. The molecular weight excluding hydrogens is 300 g/mol. The monoisotopic (exact) mass is 324 g/mol. The highest BCUT2D eigenvalue weighted by molar-refractivity contribution is 5.45. The number of hydrogen-bond donors (Lipinski definition) is 1. The van der Waals surface area contributed by atoms with Gasteiger partial charge in [-0.25, -0.2) is 0 Å². The molecule has 0 unspecified atom stereocenters. The first-order valence-corrected chi connectivity index (χ1v) is 9.11. The molecule has 24 heavy (non-hydrogen) atoms. The second-order valence-corrected chi connectivity index (χ2v) is 7.59. The molecule has 1 N–H and O–H groups in total. The van der Waals surface area contributed by atoms with Crippen molar-refractivity contribution < 1.29 is 0 Å². The molecule has 0 atom stereocenters. The van der Waals surface area contributed by atoms with Gasteiger partial charge < -0.3 is 4.90 Å². The van der Waals surface area contributed by atoms with Crippen molar-refractivity contribution in [1.82, 2.24) is 25.3 Å². The van der Waals surface area contributed by atoms with Gasteiger partial charge in [-0.3, -0.25) is 10.00 Å². The van der Waals surface area contributed by atoms with Crippen LogP contribution in [0.3, 0.4) is 0 Å². The number of fused-ring (bicyclic) bond motifs is 1. The van der Waals surface area contributed by atoms with Crippen LogP contribution in [0.25, 0.3) is 0 Å². The first-order valence-electron chi connectivity index (χ1n) is 9.11. The van der Waals surface area contributed by atoms with E-state index >= 15 is 0 Å². The summed E-state index contributed by atoms with van der Waals surface area (Å²) in [5.41, 5.74) is 5.35. The Labute approximate surface area is 142 Å². The maximum Gasteiger partial charge on any atom is 0.151 e. The standard InChI is InChI=1S/C18H24N6/c1-23(9-14-8-19-22-18(14)12-5-6-12)15-10-24(11-15)17-7-13-3-2-4-16(13)20-21-17/h7-8,12,15H,2-6,9-11H2,1H3,(H,19,22). The fourth-order valence-corrected chi connectivity index (χ4v) is 3.96. The summed E-state index contributed by atoms with van der Waals surface area (Å²) in [6.45, 7) is 3.07. The maximum absolute atomic E-state index is 4.43. The number of nitrogens with zero attached hydrogens (tertiary/aromatic N) is 5. The fourth-order valence-electron chi connectivity index (χ4n) is 3.96. The smallest absolute Gasteiger partial charge is 0.151 e. The van der Waals surface area contributed by atoms with Gasteiger partial charge in [0.25, 0.3) is 0 Å². The van der Waals surface area contributed by atoms with Gasteiger partial charge in [-0.05, 0) is 50.8 Å². The molecule has 0 radical (unpaired) electrons. The zero-order chi connectivity index (χ0) is 16.1. The Morgan fingerprint density at radius 2 is 2.12 bits per heavy atom. The summed E-state index contributed by atoms with van der Waals surface area (Å²) in [6, 6.07) is 2.84. The van der Waals surface area contributed by atoms with Crippen LogP contribution >= 0.6 is 0 Å². The molecule has 3 aliphatic rings. The molecule has 0 bridgehead atoms. The van der Waals surface area contributed by atoms with E-state index in [1.54, 1.807) is 0 Å². The van der Waals surface area contributed by atoms with Crippen LogP contribution in [0.2, 0.25) is 0 Å². The van der Waals surface area contributed by atoms with Gasteiger partial charge in [0, 0.05) is 42.9 Å². The molecule has 3 heterocycles. The highest BCUT2D eigenvalue weighted by Gasteiger charge is 2.33. The molecule has 0 amide bonds. The van der Waals surface area contributed by atoms with Gasteiger partial charge in [-0.1, -0.05) is 0 Å². The summed E-state index contributed by atoms with van der Waals surface area (Å²) < 4.78 is 0.